The van der Waals surface area contributed by atoms with Gasteiger partial charge in [-0.25, -0.2) is 0 Å². The van der Waals surface area contributed by atoms with Crippen LogP contribution in [0.3, 0.4) is 0 Å². The van der Waals surface area contributed by atoms with E-state index in [4.69, 9.17) is 4.74 Å². The summed E-state index contributed by atoms with van der Waals surface area (Å²) in [4.78, 5) is 0. The molecule has 0 bridgehead atoms. The van der Waals surface area contributed by atoms with Crippen LogP contribution < -0.4 is 0 Å². The van der Waals surface area contributed by atoms with Gasteiger partial charge in [-0.1, -0.05) is 19.3 Å². The minimum absolute atomic E-state index is 0.239. The van der Waals surface area contributed by atoms with Gasteiger partial charge in [-0.2, -0.15) is 5.10 Å². The first-order valence-corrected chi connectivity index (χ1v) is 7.70. The Morgan fingerprint density at radius 3 is 2.88 bits per heavy atom. The van der Waals surface area contributed by atoms with E-state index in [0.717, 1.165) is 10.2 Å². The molecule has 2 fully saturated rings. The van der Waals surface area contributed by atoms with Gasteiger partial charge in [-0.15, -0.1) is 0 Å². The maximum atomic E-state index is 6.34. The second kappa shape index (κ2) is 4.88. The lowest BCUT2D eigenvalue weighted by atomic mass is 9.83. The van der Waals surface area contributed by atoms with Crippen molar-refractivity contribution in [2.45, 2.75) is 63.2 Å². The highest BCUT2D eigenvalue weighted by molar-refractivity contribution is 14.1. The number of nitrogens with zero attached hydrogens (tertiary/aromatic N) is 2. The van der Waals surface area contributed by atoms with Crippen LogP contribution in [0.5, 0.6) is 0 Å². The fourth-order valence-electron chi connectivity index (χ4n) is 3.24. The molecule has 0 aromatic carbocycles. The molecule has 0 amide bonds. The molecule has 94 valence electrons. The van der Waals surface area contributed by atoms with E-state index in [1.165, 1.54) is 44.9 Å². The van der Waals surface area contributed by atoms with Crippen molar-refractivity contribution in [3.8, 4) is 0 Å². The van der Waals surface area contributed by atoms with Gasteiger partial charge in [0.15, 0.2) is 0 Å². The van der Waals surface area contributed by atoms with E-state index < -0.39 is 0 Å². The molecule has 1 aliphatic carbocycles. The van der Waals surface area contributed by atoms with Crippen LogP contribution in [0.15, 0.2) is 12.3 Å². The van der Waals surface area contributed by atoms with E-state index >= 15 is 0 Å². The fraction of sp³-hybridized carbons (Fsp3) is 0.769. The van der Waals surface area contributed by atoms with Gasteiger partial charge in [0.05, 0.1) is 18.2 Å². The normalized spacial score (nSPS) is 27.7. The molecule has 1 aliphatic heterocycles. The zero-order chi connectivity index (χ0) is 11.7. The average Bonchev–Trinajstić information content (AvgIpc) is 2.89. The standard InChI is InChI=1S/C13H19IN2O/c14-12-5-9-16(15-12)10-11-4-8-13(17-11)6-2-1-3-7-13/h5,9,11H,1-4,6-8,10H2. The molecule has 1 aromatic rings. The zero-order valence-corrected chi connectivity index (χ0v) is 12.2. The third-order valence-electron chi connectivity index (χ3n) is 4.10. The van der Waals surface area contributed by atoms with Gasteiger partial charge in [0, 0.05) is 6.20 Å². The SMILES string of the molecule is Ic1ccn(CC2CCC3(CCCCC3)O2)n1. The Hall–Kier alpha value is -0.100. The van der Waals surface area contributed by atoms with Crippen molar-refractivity contribution >= 4 is 22.6 Å². The summed E-state index contributed by atoms with van der Waals surface area (Å²) in [7, 11) is 0. The molecule has 1 aromatic heterocycles. The fourth-order valence-corrected chi connectivity index (χ4v) is 3.67. The van der Waals surface area contributed by atoms with E-state index in [2.05, 4.69) is 33.9 Å². The van der Waals surface area contributed by atoms with Gasteiger partial charge >= 0.3 is 0 Å². The molecule has 1 saturated carbocycles. The highest BCUT2D eigenvalue weighted by Crippen LogP contribution is 2.42. The van der Waals surface area contributed by atoms with Gasteiger partial charge < -0.3 is 4.74 Å². The van der Waals surface area contributed by atoms with Crippen molar-refractivity contribution in [3.05, 3.63) is 16.0 Å². The minimum Gasteiger partial charge on any atom is -0.370 e. The Morgan fingerprint density at radius 2 is 2.18 bits per heavy atom. The lowest BCUT2D eigenvalue weighted by Crippen LogP contribution is -2.32. The number of ether oxygens (including phenoxy) is 1. The molecule has 0 N–H and O–H groups in total. The Kier molecular flexibility index (Phi) is 3.43. The van der Waals surface area contributed by atoms with Gasteiger partial charge in [0.2, 0.25) is 0 Å². The summed E-state index contributed by atoms with van der Waals surface area (Å²) < 4.78 is 9.42. The van der Waals surface area contributed by atoms with Crippen molar-refractivity contribution < 1.29 is 4.74 Å². The first kappa shape index (κ1) is 12.0. The van der Waals surface area contributed by atoms with Crippen LogP contribution in [0.2, 0.25) is 0 Å². The molecule has 17 heavy (non-hydrogen) atoms. The molecule has 0 radical (unpaired) electrons. The van der Waals surface area contributed by atoms with Gasteiger partial charge in [-0.3, -0.25) is 4.68 Å². The smallest absolute Gasteiger partial charge is 0.123 e. The quantitative estimate of drug-likeness (QED) is 0.768. The van der Waals surface area contributed by atoms with E-state index in [0.29, 0.717) is 6.10 Å². The number of hydrogen-bond donors (Lipinski definition) is 0. The van der Waals surface area contributed by atoms with Gasteiger partial charge in [-0.05, 0) is 54.3 Å². The molecule has 2 heterocycles. The summed E-state index contributed by atoms with van der Waals surface area (Å²) >= 11 is 2.25. The summed E-state index contributed by atoms with van der Waals surface area (Å²) in [5, 5.41) is 4.43. The Labute approximate surface area is 116 Å². The highest BCUT2D eigenvalue weighted by Gasteiger charge is 2.40. The topological polar surface area (TPSA) is 27.1 Å². The lowest BCUT2D eigenvalue weighted by Gasteiger charge is -2.33. The molecule has 3 nitrogen and oxygen atoms in total. The Balaban J connectivity index is 1.60. The van der Waals surface area contributed by atoms with Crippen LogP contribution in [0, 0.1) is 3.70 Å². The Morgan fingerprint density at radius 1 is 1.35 bits per heavy atom. The van der Waals surface area contributed by atoms with E-state index in [9.17, 15) is 0 Å². The van der Waals surface area contributed by atoms with E-state index in [1.807, 2.05) is 10.7 Å². The molecular weight excluding hydrogens is 327 g/mol. The predicted molar refractivity (Wildman–Crippen MR) is 74.9 cm³/mol. The third kappa shape index (κ3) is 2.67. The zero-order valence-electron chi connectivity index (χ0n) is 10.1. The van der Waals surface area contributed by atoms with Crippen molar-refractivity contribution in [3.63, 3.8) is 0 Å². The first-order chi connectivity index (χ1) is 8.26. The second-order valence-corrected chi connectivity index (χ2v) is 6.49. The molecule has 3 rings (SSSR count). The average molecular weight is 346 g/mol. The Bertz CT molecular complexity index is 385. The summed E-state index contributed by atoms with van der Waals surface area (Å²) in [6.45, 7) is 0.921. The second-order valence-electron chi connectivity index (χ2n) is 5.38. The highest BCUT2D eigenvalue weighted by atomic mass is 127. The van der Waals surface area contributed by atoms with Crippen LogP contribution in [0.4, 0.5) is 0 Å². The van der Waals surface area contributed by atoms with Gasteiger partial charge in [0.1, 0.15) is 3.70 Å². The molecular formula is C13H19IN2O. The summed E-state index contributed by atoms with van der Waals surface area (Å²) in [5.41, 5.74) is 0.239. The first-order valence-electron chi connectivity index (χ1n) is 6.63. The maximum absolute atomic E-state index is 6.34. The van der Waals surface area contributed by atoms with Crippen LogP contribution >= 0.6 is 22.6 Å². The molecule has 1 saturated heterocycles. The number of halogens is 1. The molecule has 1 atom stereocenters. The van der Waals surface area contributed by atoms with Crippen molar-refractivity contribution in [2.75, 3.05) is 0 Å². The van der Waals surface area contributed by atoms with Crippen molar-refractivity contribution in [2.24, 2.45) is 0 Å². The number of hydrogen-bond acceptors (Lipinski definition) is 2. The van der Waals surface area contributed by atoms with Gasteiger partial charge in [0.25, 0.3) is 0 Å². The van der Waals surface area contributed by atoms with E-state index in [-0.39, 0.29) is 5.60 Å². The van der Waals surface area contributed by atoms with E-state index in [1.54, 1.807) is 0 Å². The molecule has 4 heteroatoms. The van der Waals surface area contributed by atoms with Crippen LogP contribution in [-0.2, 0) is 11.3 Å². The number of rotatable bonds is 2. The summed E-state index contributed by atoms with van der Waals surface area (Å²) in [5.74, 6) is 0. The summed E-state index contributed by atoms with van der Waals surface area (Å²) in [6.07, 6.45) is 11.6. The minimum atomic E-state index is 0.239. The van der Waals surface area contributed by atoms with Crippen molar-refractivity contribution in [1.29, 1.82) is 0 Å². The van der Waals surface area contributed by atoms with Crippen LogP contribution in [-0.4, -0.2) is 21.5 Å². The lowest BCUT2D eigenvalue weighted by molar-refractivity contribution is -0.0688. The largest absolute Gasteiger partial charge is 0.370 e. The number of aromatic nitrogens is 2. The maximum Gasteiger partial charge on any atom is 0.123 e. The summed E-state index contributed by atoms with van der Waals surface area (Å²) in [6, 6.07) is 2.05. The third-order valence-corrected chi connectivity index (χ3v) is 4.68. The predicted octanol–water partition coefficient (Wildman–Crippen LogP) is 3.37. The van der Waals surface area contributed by atoms with Crippen molar-refractivity contribution in [1.82, 2.24) is 9.78 Å². The molecule has 1 spiro atoms. The monoisotopic (exact) mass is 346 g/mol. The van der Waals surface area contributed by atoms with Crippen LogP contribution in [0.1, 0.15) is 44.9 Å². The molecule has 2 aliphatic rings. The molecule has 1 unspecified atom stereocenters. The van der Waals surface area contributed by atoms with Crippen LogP contribution in [0.25, 0.3) is 0 Å².